The van der Waals surface area contributed by atoms with Crippen LogP contribution in [0.3, 0.4) is 0 Å². The molecule has 2 N–H and O–H groups in total. The molecule has 1 fully saturated rings. The maximum Gasteiger partial charge on any atom is 0.123 e. The maximum atomic E-state index is 12.9. The van der Waals surface area contributed by atoms with Crippen LogP contribution < -0.4 is 5.73 Å². The van der Waals surface area contributed by atoms with Gasteiger partial charge >= 0.3 is 0 Å². The molecule has 0 radical (unpaired) electrons. The van der Waals surface area contributed by atoms with E-state index in [-0.39, 0.29) is 18.0 Å². The maximum absolute atomic E-state index is 12.9. The zero-order valence-electron chi connectivity index (χ0n) is 9.58. The highest BCUT2D eigenvalue weighted by molar-refractivity contribution is 5.25. The van der Waals surface area contributed by atoms with Crippen molar-refractivity contribution in [3.63, 3.8) is 0 Å². The summed E-state index contributed by atoms with van der Waals surface area (Å²) in [5.74, 6) is -0.196. The molecule has 2 nitrogen and oxygen atoms in total. The number of ether oxygens (including phenoxy) is 1. The van der Waals surface area contributed by atoms with Crippen molar-refractivity contribution in [1.29, 1.82) is 0 Å². The fourth-order valence-corrected chi connectivity index (χ4v) is 2.18. The molecule has 2 atom stereocenters. The summed E-state index contributed by atoms with van der Waals surface area (Å²) in [5, 5.41) is 0. The van der Waals surface area contributed by atoms with Gasteiger partial charge in [0.05, 0.1) is 12.7 Å². The van der Waals surface area contributed by atoms with Crippen LogP contribution in [0.4, 0.5) is 4.39 Å². The van der Waals surface area contributed by atoms with Crippen LogP contribution in [0.1, 0.15) is 30.4 Å². The van der Waals surface area contributed by atoms with Crippen molar-refractivity contribution in [1.82, 2.24) is 0 Å². The van der Waals surface area contributed by atoms with E-state index in [9.17, 15) is 4.39 Å². The molecule has 1 saturated carbocycles. The van der Waals surface area contributed by atoms with Gasteiger partial charge in [-0.2, -0.15) is 0 Å². The van der Waals surface area contributed by atoms with Crippen LogP contribution in [-0.4, -0.2) is 12.1 Å². The first-order chi connectivity index (χ1) is 7.66. The number of aryl methyl sites for hydroxylation is 1. The van der Waals surface area contributed by atoms with Crippen LogP contribution in [0.25, 0.3) is 0 Å². The molecule has 0 spiro atoms. The Kier molecular flexibility index (Phi) is 3.56. The number of nitrogens with two attached hydrogens (primary N) is 1. The normalized spacial score (nSPS) is 24.9. The van der Waals surface area contributed by atoms with Gasteiger partial charge in [0, 0.05) is 6.04 Å². The second-order valence-electron chi connectivity index (χ2n) is 4.52. The van der Waals surface area contributed by atoms with Crippen LogP contribution in [0, 0.1) is 12.7 Å². The van der Waals surface area contributed by atoms with E-state index in [4.69, 9.17) is 10.5 Å². The van der Waals surface area contributed by atoms with Crippen molar-refractivity contribution in [2.24, 2.45) is 5.73 Å². The number of rotatable bonds is 3. The molecule has 88 valence electrons. The molecule has 1 aromatic carbocycles. The van der Waals surface area contributed by atoms with E-state index in [0.717, 1.165) is 30.4 Å². The van der Waals surface area contributed by atoms with E-state index in [1.165, 1.54) is 12.1 Å². The second-order valence-corrected chi connectivity index (χ2v) is 4.52. The third-order valence-electron chi connectivity index (χ3n) is 3.26. The molecule has 2 rings (SSSR count). The van der Waals surface area contributed by atoms with Crippen molar-refractivity contribution >= 4 is 0 Å². The average Bonchev–Trinajstić information content (AvgIpc) is 2.63. The lowest BCUT2D eigenvalue weighted by atomic mass is 10.1. The standard InChI is InChI=1S/C13H18FNO/c1-9-7-11(14)6-5-10(9)8-16-13-4-2-3-12(13)15/h5-7,12-13H,2-4,8,15H2,1H3. The van der Waals surface area contributed by atoms with Crippen LogP contribution >= 0.6 is 0 Å². The molecular weight excluding hydrogens is 205 g/mol. The van der Waals surface area contributed by atoms with Gasteiger partial charge in [-0.15, -0.1) is 0 Å². The first kappa shape index (κ1) is 11.6. The SMILES string of the molecule is Cc1cc(F)ccc1COC1CCCC1N. The molecule has 16 heavy (non-hydrogen) atoms. The quantitative estimate of drug-likeness (QED) is 0.854. The summed E-state index contributed by atoms with van der Waals surface area (Å²) in [6, 6.07) is 4.96. The van der Waals surface area contributed by atoms with Gasteiger partial charge in [0.2, 0.25) is 0 Å². The van der Waals surface area contributed by atoms with Gasteiger partial charge in [0.25, 0.3) is 0 Å². The van der Waals surface area contributed by atoms with Crippen molar-refractivity contribution in [2.75, 3.05) is 0 Å². The van der Waals surface area contributed by atoms with E-state index in [1.807, 2.05) is 6.92 Å². The summed E-state index contributed by atoms with van der Waals surface area (Å²) >= 11 is 0. The van der Waals surface area contributed by atoms with Crippen LogP contribution in [0.15, 0.2) is 18.2 Å². The van der Waals surface area contributed by atoms with Gasteiger partial charge in [0.1, 0.15) is 5.82 Å². The molecule has 0 aliphatic heterocycles. The summed E-state index contributed by atoms with van der Waals surface area (Å²) in [6.07, 6.45) is 3.41. The van der Waals surface area contributed by atoms with Gasteiger partial charge in [-0.25, -0.2) is 4.39 Å². The molecule has 0 aromatic heterocycles. The summed E-state index contributed by atoms with van der Waals surface area (Å²) in [7, 11) is 0. The molecule has 3 heteroatoms. The number of halogens is 1. The van der Waals surface area contributed by atoms with Crippen molar-refractivity contribution < 1.29 is 9.13 Å². The Hall–Kier alpha value is -0.930. The third kappa shape index (κ3) is 2.60. The Bertz CT molecular complexity index is 367. The highest BCUT2D eigenvalue weighted by Crippen LogP contribution is 2.22. The number of hydrogen-bond acceptors (Lipinski definition) is 2. The predicted octanol–water partition coefficient (Wildman–Crippen LogP) is 2.53. The Morgan fingerprint density at radius 3 is 2.88 bits per heavy atom. The topological polar surface area (TPSA) is 35.2 Å². The Morgan fingerprint density at radius 1 is 1.44 bits per heavy atom. The monoisotopic (exact) mass is 223 g/mol. The lowest BCUT2D eigenvalue weighted by Gasteiger charge is -2.17. The predicted molar refractivity (Wildman–Crippen MR) is 61.5 cm³/mol. The smallest absolute Gasteiger partial charge is 0.123 e. The Balaban J connectivity index is 1.94. The first-order valence-electron chi connectivity index (χ1n) is 5.79. The molecular formula is C13H18FNO. The molecule has 0 saturated heterocycles. The fourth-order valence-electron chi connectivity index (χ4n) is 2.18. The molecule has 1 aliphatic rings. The molecule has 0 amide bonds. The molecule has 2 unspecified atom stereocenters. The zero-order chi connectivity index (χ0) is 11.5. The van der Waals surface area contributed by atoms with E-state index < -0.39 is 0 Å². The zero-order valence-corrected chi connectivity index (χ0v) is 9.58. The van der Waals surface area contributed by atoms with Crippen LogP contribution in [0.5, 0.6) is 0 Å². The van der Waals surface area contributed by atoms with E-state index in [2.05, 4.69) is 0 Å². The fraction of sp³-hybridized carbons (Fsp3) is 0.538. The lowest BCUT2D eigenvalue weighted by molar-refractivity contribution is 0.0354. The van der Waals surface area contributed by atoms with E-state index >= 15 is 0 Å². The molecule has 0 bridgehead atoms. The lowest BCUT2D eigenvalue weighted by Crippen LogP contribution is -2.31. The number of hydrogen-bond donors (Lipinski definition) is 1. The summed E-state index contributed by atoms with van der Waals surface area (Å²) in [5.41, 5.74) is 7.90. The van der Waals surface area contributed by atoms with Gasteiger partial charge in [-0.3, -0.25) is 0 Å². The minimum Gasteiger partial charge on any atom is -0.372 e. The van der Waals surface area contributed by atoms with Gasteiger partial charge in [-0.1, -0.05) is 6.07 Å². The Labute approximate surface area is 95.6 Å². The minimum absolute atomic E-state index is 0.167. The average molecular weight is 223 g/mol. The highest BCUT2D eigenvalue weighted by atomic mass is 19.1. The molecule has 1 aromatic rings. The van der Waals surface area contributed by atoms with Crippen molar-refractivity contribution in [3.05, 3.63) is 35.1 Å². The van der Waals surface area contributed by atoms with Gasteiger partial charge < -0.3 is 10.5 Å². The number of benzene rings is 1. The highest BCUT2D eigenvalue weighted by Gasteiger charge is 2.24. The van der Waals surface area contributed by atoms with Crippen LogP contribution in [-0.2, 0) is 11.3 Å². The Morgan fingerprint density at radius 2 is 2.25 bits per heavy atom. The van der Waals surface area contributed by atoms with Crippen molar-refractivity contribution in [3.8, 4) is 0 Å². The molecule has 0 heterocycles. The third-order valence-corrected chi connectivity index (χ3v) is 3.26. The summed E-state index contributed by atoms with van der Waals surface area (Å²) < 4.78 is 18.7. The minimum atomic E-state index is -0.196. The van der Waals surface area contributed by atoms with Crippen LogP contribution in [0.2, 0.25) is 0 Å². The second kappa shape index (κ2) is 4.93. The largest absolute Gasteiger partial charge is 0.372 e. The first-order valence-corrected chi connectivity index (χ1v) is 5.79. The van der Waals surface area contributed by atoms with Gasteiger partial charge in [0.15, 0.2) is 0 Å². The van der Waals surface area contributed by atoms with E-state index in [1.54, 1.807) is 6.07 Å². The molecule has 1 aliphatic carbocycles. The van der Waals surface area contributed by atoms with Crippen molar-refractivity contribution in [2.45, 2.75) is 44.9 Å². The van der Waals surface area contributed by atoms with E-state index in [0.29, 0.717) is 6.61 Å². The van der Waals surface area contributed by atoms with Gasteiger partial charge in [-0.05, 0) is 49.4 Å². The summed E-state index contributed by atoms with van der Waals surface area (Å²) in [4.78, 5) is 0. The summed E-state index contributed by atoms with van der Waals surface area (Å²) in [6.45, 7) is 2.43.